The number of aromatic nitrogens is 2. The van der Waals surface area contributed by atoms with E-state index in [0.717, 1.165) is 48.7 Å². The van der Waals surface area contributed by atoms with Gasteiger partial charge in [-0.25, -0.2) is 4.98 Å². The Morgan fingerprint density at radius 1 is 1.21 bits per heavy atom. The van der Waals surface area contributed by atoms with Gasteiger partial charge >= 0.3 is 0 Å². The molecule has 3 aromatic rings. The number of H-pyrrole nitrogens is 1. The van der Waals surface area contributed by atoms with E-state index >= 15 is 0 Å². The van der Waals surface area contributed by atoms with E-state index in [0.29, 0.717) is 5.92 Å². The molecule has 1 fully saturated rings. The average molecular weight is 321 g/mol. The van der Waals surface area contributed by atoms with Crippen molar-refractivity contribution >= 4 is 11.0 Å². The standard InChI is InChI=1S/C20H23N3O/c1-14-3-5-15(6-4-14)12-23-10-9-16(13-23)20-21-18-8-7-17(24-2)11-19(18)22-20/h3-8,11,16H,9-10,12-13H2,1-2H3,(H,21,22). The van der Waals surface area contributed by atoms with Crippen LogP contribution in [0.5, 0.6) is 5.75 Å². The number of fused-ring (bicyclic) bond motifs is 1. The molecule has 24 heavy (non-hydrogen) atoms. The molecule has 4 rings (SSSR count). The number of aryl methyl sites for hydroxylation is 1. The van der Waals surface area contributed by atoms with Gasteiger partial charge < -0.3 is 9.72 Å². The summed E-state index contributed by atoms with van der Waals surface area (Å²) in [5.41, 5.74) is 4.77. The minimum absolute atomic E-state index is 0.480. The highest BCUT2D eigenvalue weighted by atomic mass is 16.5. The zero-order chi connectivity index (χ0) is 16.5. The minimum atomic E-state index is 0.480. The van der Waals surface area contributed by atoms with Gasteiger partial charge in [0.05, 0.1) is 18.1 Å². The molecule has 0 amide bonds. The second kappa shape index (κ2) is 6.29. The molecule has 1 N–H and O–H groups in total. The SMILES string of the molecule is COc1ccc2nc(C3CCN(Cc4ccc(C)cc4)C3)[nH]c2c1. The number of hydrogen-bond acceptors (Lipinski definition) is 3. The van der Waals surface area contributed by atoms with Crippen LogP contribution in [0.4, 0.5) is 0 Å². The summed E-state index contributed by atoms with van der Waals surface area (Å²) in [6.45, 7) is 5.33. The average Bonchev–Trinajstić information content (AvgIpc) is 3.22. The van der Waals surface area contributed by atoms with Crippen molar-refractivity contribution in [2.45, 2.75) is 25.8 Å². The second-order valence-electron chi connectivity index (χ2n) is 6.71. The Morgan fingerprint density at radius 2 is 2.04 bits per heavy atom. The number of imidazole rings is 1. The number of hydrogen-bond donors (Lipinski definition) is 1. The lowest BCUT2D eigenvalue weighted by Crippen LogP contribution is -2.19. The Kier molecular flexibility index (Phi) is 3.98. The topological polar surface area (TPSA) is 41.1 Å². The van der Waals surface area contributed by atoms with Crippen LogP contribution in [0.15, 0.2) is 42.5 Å². The summed E-state index contributed by atoms with van der Waals surface area (Å²) < 4.78 is 5.29. The Labute approximate surface area is 142 Å². The van der Waals surface area contributed by atoms with Crippen LogP contribution in [0.2, 0.25) is 0 Å². The first-order chi connectivity index (χ1) is 11.7. The summed E-state index contributed by atoms with van der Waals surface area (Å²) in [5.74, 6) is 2.45. The second-order valence-corrected chi connectivity index (χ2v) is 6.71. The van der Waals surface area contributed by atoms with Crippen molar-refractivity contribution in [3.8, 4) is 5.75 Å². The molecule has 1 unspecified atom stereocenters. The summed E-state index contributed by atoms with van der Waals surface area (Å²) in [4.78, 5) is 10.8. The molecular formula is C20H23N3O. The Hall–Kier alpha value is -2.33. The zero-order valence-electron chi connectivity index (χ0n) is 14.2. The van der Waals surface area contributed by atoms with Gasteiger partial charge in [-0.3, -0.25) is 4.90 Å². The number of likely N-dealkylation sites (tertiary alicyclic amines) is 1. The molecule has 1 saturated heterocycles. The predicted octanol–water partition coefficient (Wildman–Crippen LogP) is 3.87. The van der Waals surface area contributed by atoms with Crippen molar-refractivity contribution in [1.82, 2.24) is 14.9 Å². The first-order valence-electron chi connectivity index (χ1n) is 8.53. The largest absolute Gasteiger partial charge is 0.497 e. The highest BCUT2D eigenvalue weighted by Crippen LogP contribution is 2.29. The fourth-order valence-corrected chi connectivity index (χ4v) is 3.48. The molecule has 0 radical (unpaired) electrons. The van der Waals surface area contributed by atoms with Gasteiger partial charge in [0, 0.05) is 25.1 Å². The van der Waals surface area contributed by atoms with Crippen LogP contribution in [0, 0.1) is 6.92 Å². The first kappa shape index (κ1) is 15.2. The van der Waals surface area contributed by atoms with Crippen LogP contribution in [-0.4, -0.2) is 35.1 Å². The zero-order valence-corrected chi connectivity index (χ0v) is 14.2. The van der Waals surface area contributed by atoms with Gasteiger partial charge in [0.2, 0.25) is 0 Å². The molecule has 2 heterocycles. The predicted molar refractivity (Wildman–Crippen MR) is 96.5 cm³/mol. The minimum Gasteiger partial charge on any atom is -0.497 e. The summed E-state index contributed by atoms with van der Waals surface area (Å²) in [5, 5.41) is 0. The van der Waals surface area contributed by atoms with E-state index in [1.165, 1.54) is 11.1 Å². The Morgan fingerprint density at radius 3 is 2.83 bits per heavy atom. The van der Waals surface area contributed by atoms with Crippen LogP contribution in [0.1, 0.15) is 29.3 Å². The van der Waals surface area contributed by atoms with Crippen LogP contribution in [-0.2, 0) is 6.54 Å². The van der Waals surface area contributed by atoms with Gasteiger partial charge in [-0.05, 0) is 37.6 Å². The van der Waals surface area contributed by atoms with E-state index in [2.05, 4.69) is 41.1 Å². The molecule has 1 atom stereocenters. The summed E-state index contributed by atoms with van der Waals surface area (Å²) in [7, 11) is 1.69. The molecule has 0 spiro atoms. The first-order valence-corrected chi connectivity index (χ1v) is 8.53. The number of aromatic amines is 1. The van der Waals surface area contributed by atoms with E-state index in [1.54, 1.807) is 7.11 Å². The molecule has 0 saturated carbocycles. The Balaban J connectivity index is 1.47. The molecule has 1 aromatic heterocycles. The third kappa shape index (κ3) is 3.02. The van der Waals surface area contributed by atoms with Crippen LogP contribution in [0.3, 0.4) is 0 Å². The normalized spacial score (nSPS) is 18.3. The number of nitrogens with zero attached hydrogens (tertiary/aromatic N) is 2. The van der Waals surface area contributed by atoms with Gasteiger partial charge in [-0.2, -0.15) is 0 Å². The fourth-order valence-electron chi connectivity index (χ4n) is 3.48. The van der Waals surface area contributed by atoms with Crippen molar-refractivity contribution in [1.29, 1.82) is 0 Å². The highest BCUT2D eigenvalue weighted by molar-refractivity contribution is 5.76. The van der Waals surface area contributed by atoms with E-state index in [-0.39, 0.29) is 0 Å². The lowest BCUT2D eigenvalue weighted by molar-refractivity contribution is 0.326. The molecule has 4 nitrogen and oxygen atoms in total. The van der Waals surface area contributed by atoms with Crippen molar-refractivity contribution in [2.24, 2.45) is 0 Å². The maximum absolute atomic E-state index is 5.29. The lowest BCUT2D eigenvalue weighted by Gasteiger charge is -2.15. The van der Waals surface area contributed by atoms with E-state index in [4.69, 9.17) is 9.72 Å². The van der Waals surface area contributed by atoms with E-state index in [9.17, 15) is 0 Å². The van der Waals surface area contributed by atoms with Gasteiger partial charge in [-0.15, -0.1) is 0 Å². The fraction of sp³-hybridized carbons (Fsp3) is 0.350. The van der Waals surface area contributed by atoms with Gasteiger partial charge in [0.25, 0.3) is 0 Å². The molecule has 0 bridgehead atoms. The molecule has 1 aliphatic heterocycles. The summed E-state index contributed by atoms with van der Waals surface area (Å²) in [6.07, 6.45) is 1.16. The molecule has 1 aliphatic rings. The van der Waals surface area contributed by atoms with Crippen molar-refractivity contribution < 1.29 is 4.74 Å². The van der Waals surface area contributed by atoms with Crippen molar-refractivity contribution in [3.63, 3.8) is 0 Å². The number of nitrogens with one attached hydrogen (secondary N) is 1. The third-order valence-electron chi connectivity index (χ3n) is 4.89. The lowest BCUT2D eigenvalue weighted by atomic mass is 10.1. The highest BCUT2D eigenvalue weighted by Gasteiger charge is 2.26. The number of ether oxygens (including phenoxy) is 1. The quantitative estimate of drug-likeness (QED) is 0.793. The molecule has 4 heteroatoms. The van der Waals surface area contributed by atoms with Crippen molar-refractivity contribution in [2.75, 3.05) is 20.2 Å². The van der Waals surface area contributed by atoms with Gasteiger partial charge in [0.15, 0.2) is 0 Å². The van der Waals surface area contributed by atoms with Gasteiger partial charge in [0.1, 0.15) is 11.6 Å². The number of benzene rings is 2. The number of rotatable bonds is 4. The smallest absolute Gasteiger partial charge is 0.121 e. The maximum atomic E-state index is 5.29. The maximum Gasteiger partial charge on any atom is 0.121 e. The van der Waals surface area contributed by atoms with Crippen LogP contribution in [0.25, 0.3) is 11.0 Å². The summed E-state index contributed by atoms with van der Waals surface area (Å²) in [6, 6.07) is 14.8. The third-order valence-corrected chi connectivity index (χ3v) is 4.89. The molecular weight excluding hydrogens is 298 g/mol. The van der Waals surface area contributed by atoms with E-state index < -0.39 is 0 Å². The molecule has 0 aliphatic carbocycles. The monoisotopic (exact) mass is 321 g/mol. The summed E-state index contributed by atoms with van der Waals surface area (Å²) >= 11 is 0. The van der Waals surface area contributed by atoms with E-state index in [1.807, 2.05) is 18.2 Å². The van der Waals surface area contributed by atoms with Gasteiger partial charge in [-0.1, -0.05) is 29.8 Å². The Bertz CT molecular complexity index is 838. The number of methoxy groups -OCH3 is 1. The molecule has 124 valence electrons. The van der Waals surface area contributed by atoms with Crippen molar-refractivity contribution in [3.05, 3.63) is 59.4 Å². The van der Waals surface area contributed by atoms with Crippen LogP contribution < -0.4 is 4.74 Å². The molecule has 2 aromatic carbocycles. The van der Waals surface area contributed by atoms with Crippen LogP contribution >= 0.6 is 0 Å².